The Labute approximate surface area is 129 Å². The lowest BCUT2D eigenvalue weighted by Gasteiger charge is -2.08. The normalized spacial score (nSPS) is 10.2. The van der Waals surface area contributed by atoms with Gasteiger partial charge in [-0.2, -0.15) is 0 Å². The molecule has 3 rings (SSSR count). The van der Waals surface area contributed by atoms with Crippen molar-refractivity contribution in [2.24, 2.45) is 0 Å². The van der Waals surface area contributed by atoms with Gasteiger partial charge in [-0.1, -0.05) is 30.3 Å². The fraction of sp³-hybridized carbons (Fsp3) is 0.118. The highest BCUT2D eigenvalue weighted by Gasteiger charge is 1.99. The van der Waals surface area contributed by atoms with E-state index in [-0.39, 0.29) is 0 Å². The van der Waals surface area contributed by atoms with Gasteiger partial charge in [0.15, 0.2) is 0 Å². The number of aromatic nitrogens is 3. The number of nitrogens with one attached hydrogen (secondary N) is 2. The van der Waals surface area contributed by atoms with Crippen LogP contribution in [0.3, 0.4) is 0 Å². The van der Waals surface area contributed by atoms with Crippen molar-refractivity contribution in [3.05, 3.63) is 78.4 Å². The van der Waals surface area contributed by atoms with Crippen LogP contribution < -0.4 is 10.6 Å². The van der Waals surface area contributed by atoms with E-state index in [1.807, 2.05) is 36.4 Å². The zero-order valence-electron chi connectivity index (χ0n) is 12.1. The number of benzene rings is 1. The quantitative estimate of drug-likeness (QED) is 0.730. The first-order valence-corrected chi connectivity index (χ1v) is 7.13. The van der Waals surface area contributed by atoms with Gasteiger partial charge in [0, 0.05) is 31.5 Å². The van der Waals surface area contributed by atoms with Crippen LogP contribution in [0.1, 0.15) is 11.1 Å². The maximum atomic E-state index is 4.24. The molecule has 0 atom stereocenters. The number of pyridine rings is 1. The third-order valence-electron chi connectivity index (χ3n) is 3.21. The summed E-state index contributed by atoms with van der Waals surface area (Å²) in [7, 11) is 0. The van der Waals surface area contributed by atoms with Crippen LogP contribution in [0.25, 0.3) is 0 Å². The van der Waals surface area contributed by atoms with Gasteiger partial charge in [0.2, 0.25) is 0 Å². The van der Waals surface area contributed by atoms with Crippen LogP contribution >= 0.6 is 0 Å². The Bertz CT molecular complexity index is 642. The maximum Gasteiger partial charge on any atom is 0.131 e. The van der Waals surface area contributed by atoms with Crippen LogP contribution in [0, 0.1) is 0 Å². The van der Waals surface area contributed by atoms with Crippen LogP contribution in [-0.4, -0.2) is 15.0 Å². The van der Waals surface area contributed by atoms with Crippen LogP contribution in [0.5, 0.6) is 0 Å². The molecule has 5 heteroatoms. The molecule has 2 aromatic heterocycles. The minimum absolute atomic E-state index is 0.706. The lowest BCUT2D eigenvalue weighted by Crippen LogP contribution is -2.05. The van der Waals surface area contributed by atoms with E-state index in [1.165, 1.54) is 5.56 Å². The van der Waals surface area contributed by atoms with Gasteiger partial charge in [0.1, 0.15) is 18.0 Å². The van der Waals surface area contributed by atoms with Gasteiger partial charge >= 0.3 is 0 Å². The first-order chi connectivity index (χ1) is 10.9. The fourth-order valence-electron chi connectivity index (χ4n) is 2.03. The van der Waals surface area contributed by atoms with Crippen LogP contribution in [-0.2, 0) is 13.1 Å². The topological polar surface area (TPSA) is 62.7 Å². The Hall–Kier alpha value is -2.95. The zero-order chi connectivity index (χ0) is 15.0. The molecule has 0 fully saturated rings. The van der Waals surface area contributed by atoms with Gasteiger partial charge in [-0.3, -0.25) is 4.98 Å². The van der Waals surface area contributed by atoms with E-state index in [0.717, 1.165) is 23.7 Å². The monoisotopic (exact) mass is 291 g/mol. The molecule has 0 saturated carbocycles. The molecular formula is C17H17N5. The lowest BCUT2D eigenvalue weighted by molar-refractivity contribution is 1.05. The molecule has 0 saturated heterocycles. The predicted molar refractivity (Wildman–Crippen MR) is 87.4 cm³/mol. The lowest BCUT2D eigenvalue weighted by atomic mass is 10.2. The Balaban J connectivity index is 1.58. The molecule has 3 aromatic rings. The second-order valence-corrected chi connectivity index (χ2v) is 4.84. The molecule has 5 nitrogen and oxygen atoms in total. The maximum absolute atomic E-state index is 4.24. The van der Waals surface area contributed by atoms with Crippen molar-refractivity contribution in [1.82, 2.24) is 15.0 Å². The van der Waals surface area contributed by atoms with E-state index in [9.17, 15) is 0 Å². The zero-order valence-corrected chi connectivity index (χ0v) is 12.1. The van der Waals surface area contributed by atoms with Crippen molar-refractivity contribution >= 4 is 11.6 Å². The summed E-state index contributed by atoms with van der Waals surface area (Å²) < 4.78 is 0. The highest BCUT2D eigenvalue weighted by molar-refractivity contribution is 5.47. The highest BCUT2D eigenvalue weighted by Crippen LogP contribution is 2.11. The van der Waals surface area contributed by atoms with Crippen molar-refractivity contribution in [2.75, 3.05) is 10.6 Å². The van der Waals surface area contributed by atoms with Crippen molar-refractivity contribution in [3.8, 4) is 0 Å². The molecule has 2 N–H and O–H groups in total. The van der Waals surface area contributed by atoms with Gasteiger partial charge in [0.05, 0.1) is 0 Å². The van der Waals surface area contributed by atoms with Gasteiger partial charge in [0.25, 0.3) is 0 Å². The fourth-order valence-corrected chi connectivity index (χ4v) is 2.03. The summed E-state index contributed by atoms with van der Waals surface area (Å²) in [4.78, 5) is 12.5. The van der Waals surface area contributed by atoms with Crippen LogP contribution in [0.15, 0.2) is 67.3 Å². The number of nitrogens with zero attached hydrogens (tertiary/aromatic N) is 3. The van der Waals surface area contributed by atoms with E-state index in [2.05, 4.69) is 37.7 Å². The molecule has 1 aromatic carbocycles. The first kappa shape index (κ1) is 14.0. The van der Waals surface area contributed by atoms with E-state index in [0.29, 0.717) is 6.54 Å². The van der Waals surface area contributed by atoms with Crippen LogP contribution in [0.4, 0.5) is 11.6 Å². The molecule has 2 heterocycles. The largest absolute Gasteiger partial charge is 0.366 e. The first-order valence-electron chi connectivity index (χ1n) is 7.13. The highest BCUT2D eigenvalue weighted by atomic mass is 15.1. The van der Waals surface area contributed by atoms with E-state index in [4.69, 9.17) is 0 Å². The van der Waals surface area contributed by atoms with E-state index >= 15 is 0 Å². The van der Waals surface area contributed by atoms with Crippen LogP contribution in [0.2, 0.25) is 0 Å². The van der Waals surface area contributed by atoms with Gasteiger partial charge < -0.3 is 10.6 Å². The number of hydrogen-bond acceptors (Lipinski definition) is 5. The smallest absolute Gasteiger partial charge is 0.131 e. The molecule has 0 aliphatic heterocycles. The Morgan fingerprint density at radius 1 is 0.727 bits per heavy atom. The van der Waals surface area contributed by atoms with Crippen molar-refractivity contribution in [1.29, 1.82) is 0 Å². The molecule has 0 aliphatic rings. The molecular weight excluding hydrogens is 274 g/mol. The minimum atomic E-state index is 0.706. The summed E-state index contributed by atoms with van der Waals surface area (Å²) in [6.45, 7) is 1.44. The summed E-state index contributed by atoms with van der Waals surface area (Å²) in [5, 5.41) is 6.58. The average molecular weight is 291 g/mol. The van der Waals surface area contributed by atoms with E-state index in [1.54, 1.807) is 18.7 Å². The van der Waals surface area contributed by atoms with Crippen molar-refractivity contribution in [2.45, 2.75) is 13.1 Å². The molecule has 0 radical (unpaired) electrons. The summed E-state index contributed by atoms with van der Waals surface area (Å²) in [6.07, 6.45) is 5.12. The Kier molecular flexibility index (Phi) is 4.57. The third kappa shape index (κ3) is 4.02. The number of anilines is 2. The Morgan fingerprint density at radius 3 is 1.95 bits per heavy atom. The standard InChI is InChI=1S/C17H17N5/c1-2-4-14(5-3-1)11-19-16-10-17(22-13-21-16)20-12-15-6-8-18-9-7-15/h1-10,13H,11-12H2,(H2,19,20,21,22). The van der Waals surface area contributed by atoms with Gasteiger partial charge in [-0.05, 0) is 23.3 Å². The van der Waals surface area contributed by atoms with Crippen molar-refractivity contribution < 1.29 is 0 Å². The molecule has 22 heavy (non-hydrogen) atoms. The summed E-state index contributed by atoms with van der Waals surface area (Å²) in [5.41, 5.74) is 2.37. The summed E-state index contributed by atoms with van der Waals surface area (Å²) in [5.74, 6) is 1.60. The van der Waals surface area contributed by atoms with Gasteiger partial charge in [-0.25, -0.2) is 9.97 Å². The summed E-state index contributed by atoms with van der Waals surface area (Å²) in [6, 6.07) is 16.1. The minimum Gasteiger partial charge on any atom is -0.366 e. The molecule has 0 spiro atoms. The number of rotatable bonds is 6. The second-order valence-electron chi connectivity index (χ2n) is 4.84. The molecule has 0 unspecified atom stereocenters. The molecule has 110 valence electrons. The third-order valence-corrected chi connectivity index (χ3v) is 3.21. The average Bonchev–Trinajstić information content (AvgIpc) is 2.60. The number of hydrogen-bond donors (Lipinski definition) is 2. The van der Waals surface area contributed by atoms with Crippen molar-refractivity contribution in [3.63, 3.8) is 0 Å². The predicted octanol–water partition coefficient (Wildman–Crippen LogP) is 3.10. The Morgan fingerprint density at radius 2 is 1.32 bits per heavy atom. The molecule has 0 bridgehead atoms. The SMILES string of the molecule is c1ccc(CNc2cc(NCc3ccncc3)ncn2)cc1. The van der Waals surface area contributed by atoms with E-state index < -0.39 is 0 Å². The molecule has 0 amide bonds. The second kappa shape index (κ2) is 7.17. The molecule has 0 aliphatic carbocycles. The van der Waals surface area contributed by atoms with Gasteiger partial charge in [-0.15, -0.1) is 0 Å². The summed E-state index contributed by atoms with van der Waals surface area (Å²) >= 11 is 0.